The van der Waals surface area contributed by atoms with Crippen molar-refractivity contribution in [2.45, 2.75) is 148 Å². The highest BCUT2D eigenvalue weighted by atomic mass is 35.5. The van der Waals surface area contributed by atoms with Crippen LogP contribution >= 0.6 is 0 Å². The summed E-state index contributed by atoms with van der Waals surface area (Å²) >= 11 is 0. The molecule has 0 N–H and O–H groups in total. The van der Waals surface area contributed by atoms with Crippen LogP contribution in [-0.4, -0.2) is 24.6 Å². The molecule has 1 rings (SSSR count). The summed E-state index contributed by atoms with van der Waals surface area (Å²) in [4.78, 5) is 0. The predicted molar refractivity (Wildman–Crippen MR) is 145 cm³/mol. The Balaban J connectivity index is 0.0000102. The largest absolute Gasteiger partial charge is 1.00 e. The Morgan fingerprint density at radius 3 is 1.39 bits per heavy atom. The fourth-order valence-corrected chi connectivity index (χ4v) is 5.22. The molecule has 0 heterocycles. The van der Waals surface area contributed by atoms with E-state index in [0.29, 0.717) is 0 Å². The molecule has 1 unspecified atom stereocenters. The molecule has 0 aromatic heterocycles. The minimum absolute atomic E-state index is 0. The van der Waals surface area contributed by atoms with Gasteiger partial charge in [-0.3, -0.25) is 0 Å². The topological polar surface area (TPSA) is 0 Å². The van der Waals surface area contributed by atoms with E-state index in [-0.39, 0.29) is 12.4 Å². The zero-order chi connectivity index (χ0) is 23.3. The van der Waals surface area contributed by atoms with Crippen LogP contribution < -0.4 is 12.4 Å². The summed E-state index contributed by atoms with van der Waals surface area (Å²) in [6.07, 6.45) is 27.3. The molecular formula is C31H58ClN. The third-order valence-electron chi connectivity index (χ3n) is 7.45. The molecule has 0 spiro atoms. The van der Waals surface area contributed by atoms with Crippen molar-refractivity contribution < 1.29 is 16.9 Å². The van der Waals surface area contributed by atoms with Crippen LogP contribution in [0.3, 0.4) is 0 Å². The van der Waals surface area contributed by atoms with Gasteiger partial charge < -0.3 is 16.9 Å². The van der Waals surface area contributed by atoms with E-state index in [9.17, 15) is 0 Å². The fraction of sp³-hybridized carbons (Fsp3) is 0.806. The molecule has 0 amide bonds. The second kappa shape index (κ2) is 22.0. The molecule has 2 heteroatoms. The molecule has 0 aliphatic carbocycles. The standard InChI is InChI=1S/C31H58N.ClH/c1-5-7-9-10-11-12-13-14-15-16-17-18-19-20-24-28-31(27-8-6-2)32(3,4)29-30-25-22-21-23-26-30;/h21-23,25-26,31H,5-20,24,27-29H2,1-4H3;1H/q+1;/p-1. The van der Waals surface area contributed by atoms with Crippen LogP contribution in [0.2, 0.25) is 0 Å². The summed E-state index contributed by atoms with van der Waals surface area (Å²) in [5.41, 5.74) is 1.48. The molecule has 0 saturated heterocycles. The molecular weight excluding hydrogens is 422 g/mol. The number of rotatable bonds is 22. The van der Waals surface area contributed by atoms with Gasteiger partial charge in [-0.25, -0.2) is 0 Å². The summed E-state index contributed by atoms with van der Waals surface area (Å²) in [5.74, 6) is 0. The van der Waals surface area contributed by atoms with Gasteiger partial charge in [-0.15, -0.1) is 0 Å². The van der Waals surface area contributed by atoms with Crippen LogP contribution in [0, 0.1) is 0 Å². The van der Waals surface area contributed by atoms with Gasteiger partial charge in [0, 0.05) is 5.56 Å². The van der Waals surface area contributed by atoms with E-state index in [0.717, 1.165) is 17.1 Å². The maximum atomic E-state index is 2.46. The maximum absolute atomic E-state index is 2.46. The van der Waals surface area contributed by atoms with Crippen molar-refractivity contribution in [2.75, 3.05) is 14.1 Å². The van der Waals surface area contributed by atoms with Crippen LogP contribution in [0.5, 0.6) is 0 Å². The summed E-state index contributed by atoms with van der Waals surface area (Å²) in [5, 5.41) is 0. The highest BCUT2D eigenvalue weighted by Gasteiger charge is 2.27. The van der Waals surface area contributed by atoms with Crippen molar-refractivity contribution in [2.24, 2.45) is 0 Å². The smallest absolute Gasteiger partial charge is 0.104 e. The first-order valence-corrected chi connectivity index (χ1v) is 14.5. The minimum atomic E-state index is 0. The summed E-state index contributed by atoms with van der Waals surface area (Å²) in [6, 6.07) is 11.9. The Bertz CT molecular complexity index is 513. The first-order chi connectivity index (χ1) is 15.6. The van der Waals surface area contributed by atoms with Gasteiger partial charge in [-0.2, -0.15) is 0 Å². The number of quaternary nitrogens is 1. The summed E-state index contributed by atoms with van der Waals surface area (Å²) < 4.78 is 1.14. The highest BCUT2D eigenvalue weighted by Crippen LogP contribution is 2.24. The van der Waals surface area contributed by atoms with E-state index in [1.54, 1.807) is 0 Å². The van der Waals surface area contributed by atoms with E-state index in [2.05, 4.69) is 58.3 Å². The van der Waals surface area contributed by atoms with E-state index >= 15 is 0 Å². The molecule has 0 aliphatic heterocycles. The lowest BCUT2D eigenvalue weighted by Crippen LogP contribution is -3.00. The quantitative estimate of drug-likeness (QED) is 0.123. The Morgan fingerprint density at radius 2 is 0.939 bits per heavy atom. The number of hydrogen-bond donors (Lipinski definition) is 0. The molecule has 0 saturated carbocycles. The van der Waals surface area contributed by atoms with E-state index < -0.39 is 0 Å². The average molecular weight is 480 g/mol. The second-order valence-electron chi connectivity index (χ2n) is 11.0. The van der Waals surface area contributed by atoms with Crippen molar-refractivity contribution in [1.82, 2.24) is 0 Å². The van der Waals surface area contributed by atoms with Gasteiger partial charge in [0.05, 0.1) is 20.1 Å². The molecule has 0 fully saturated rings. The second-order valence-corrected chi connectivity index (χ2v) is 11.0. The van der Waals surface area contributed by atoms with E-state index in [1.807, 2.05) is 0 Å². The van der Waals surface area contributed by atoms with Gasteiger partial charge in [0.25, 0.3) is 0 Å². The normalized spacial score (nSPS) is 12.5. The van der Waals surface area contributed by atoms with Gasteiger partial charge >= 0.3 is 0 Å². The monoisotopic (exact) mass is 479 g/mol. The minimum Gasteiger partial charge on any atom is -1.00 e. The number of halogens is 1. The SMILES string of the molecule is CCCCCCCCCCCCCCCCCC(CCCC)[N+](C)(C)Cc1ccccc1.[Cl-]. The van der Waals surface area contributed by atoms with Gasteiger partial charge in [0.15, 0.2) is 0 Å². The molecule has 1 nitrogen and oxygen atoms in total. The van der Waals surface area contributed by atoms with Crippen LogP contribution in [0.15, 0.2) is 30.3 Å². The number of nitrogens with zero attached hydrogens (tertiary/aromatic N) is 1. The van der Waals surface area contributed by atoms with E-state index in [4.69, 9.17) is 0 Å². The van der Waals surface area contributed by atoms with Gasteiger partial charge in [-0.05, 0) is 25.7 Å². The molecule has 194 valence electrons. The Morgan fingerprint density at radius 1 is 0.545 bits per heavy atom. The van der Waals surface area contributed by atoms with Crippen LogP contribution in [0.4, 0.5) is 0 Å². The Labute approximate surface area is 215 Å². The first kappa shape index (κ1) is 32.5. The zero-order valence-electron chi connectivity index (χ0n) is 22.9. The summed E-state index contributed by atoms with van der Waals surface area (Å²) in [7, 11) is 4.91. The molecule has 0 radical (unpaired) electrons. The van der Waals surface area contributed by atoms with Crippen LogP contribution in [0.25, 0.3) is 0 Å². The van der Waals surface area contributed by atoms with Crippen LogP contribution in [0.1, 0.15) is 141 Å². The van der Waals surface area contributed by atoms with Crippen molar-refractivity contribution >= 4 is 0 Å². The molecule has 1 aromatic carbocycles. The third kappa shape index (κ3) is 17.5. The Kier molecular flexibility index (Phi) is 21.6. The van der Waals surface area contributed by atoms with Crippen molar-refractivity contribution in [3.63, 3.8) is 0 Å². The van der Waals surface area contributed by atoms with Crippen molar-refractivity contribution in [3.8, 4) is 0 Å². The zero-order valence-corrected chi connectivity index (χ0v) is 23.7. The van der Waals surface area contributed by atoms with Crippen LogP contribution in [-0.2, 0) is 6.54 Å². The number of unbranched alkanes of at least 4 members (excludes halogenated alkanes) is 15. The lowest BCUT2D eigenvalue weighted by atomic mass is 9.98. The van der Waals surface area contributed by atoms with Gasteiger partial charge in [0.2, 0.25) is 0 Å². The lowest BCUT2D eigenvalue weighted by Gasteiger charge is -2.38. The van der Waals surface area contributed by atoms with Crippen molar-refractivity contribution in [1.29, 1.82) is 0 Å². The maximum Gasteiger partial charge on any atom is 0.104 e. The average Bonchev–Trinajstić information content (AvgIpc) is 2.78. The Hall–Kier alpha value is -0.530. The third-order valence-corrected chi connectivity index (χ3v) is 7.45. The molecule has 33 heavy (non-hydrogen) atoms. The number of hydrogen-bond acceptors (Lipinski definition) is 0. The van der Waals surface area contributed by atoms with Gasteiger partial charge in [-0.1, -0.05) is 140 Å². The first-order valence-electron chi connectivity index (χ1n) is 14.5. The summed E-state index contributed by atoms with van der Waals surface area (Å²) in [6.45, 7) is 5.80. The van der Waals surface area contributed by atoms with Gasteiger partial charge in [0.1, 0.15) is 6.54 Å². The van der Waals surface area contributed by atoms with E-state index in [1.165, 1.54) is 128 Å². The lowest BCUT2D eigenvalue weighted by molar-refractivity contribution is -0.928. The highest BCUT2D eigenvalue weighted by molar-refractivity contribution is 5.13. The number of benzene rings is 1. The molecule has 1 aromatic rings. The molecule has 0 aliphatic rings. The predicted octanol–water partition coefficient (Wildman–Crippen LogP) is 7.09. The molecule has 0 bridgehead atoms. The fourth-order valence-electron chi connectivity index (χ4n) is 5.22. The molecule has 1 atom stereocenters. The van der Waals surface area contributed by atoms with Crippen molar-refractivity contribution in [3.05, 3.63) is 35.9 Å².